The first-order chi connectivity index (χ1) is 22.7. The minimum atomic E-state index is -0.835. The molecule has 0 spiro atoms. The molecule has 2 amide bonds. The van der Waals surface area contributed by atoms with E-state index >= 15 is 0 Å². The Labute approximate surface area is 293 Å². The Morgan fingerprint density at radius 2 is 1.22 bits per heavy atom. The zero-order valence-corrected chi connectivity index (χ0v) is 30.4. The average molecular weight is 692 g/mol. The largest absolute Gasteiger partial charge is 0.444 e. The van der Waals surface area contributed by atoms with Crippen LogP contribution in [0.1, 0.15) is 89.4 Å². The summed E-state index contributed by atoms with van der Waals surface area (Å²) >= 11 is 6.50. The van der Waals surface area contributed by atoms with Gasteiger partial charge in [-0.25, -0.2) is 19.4 Å². The summed E-state index contributed by atoms with van der Waals surface area (Å²) in [5.41, 5.74) is 1.84. The highest BCUT2D eigenvalue weighted by Gasteiger charge is 2.22. The molecule has 0 aromatic heterocycles. The lowest BCUT2D eigenvalue weighted by molar-refractivity contribution is -0.117. The van der Waals surface area contributed by atoms with E-state index < -0.39 is 29.4 Å². The molecule has 262 valence electrons. The van der Waals surface area contributed by atoms with Crippen molar-refractivity contribution < 1.29 is 33.4 Å². The van der Waals surface area contributed by atoms with Crippen molar-refractivity contribution in [2.24, 2.45) is 10.4 Å². The number of guanidine groups is 1. The van der Waals surface area contributed by atoms with Crippen molar-refractivity contribution in [3.63, 3.8) is 0 Å². The van der Waals surface area contributed by atoms with Crippen LogP contribution in [0.2, 0.25) is 5.02 Å². The second-order valence-electron chi connectivity index (χ2n) is 14.8. The molecule has 11 heteroatoms. The molecule has 0 fully saturated rings. The number of esters is 1. The highest BCUT2D eigenvalue weighted by molar-refractivity contribution is 6.31. The van der Waals surface area contributed by atoms with E-state index in [9.17, 15) is 19.2 Å². The summed E-state index contributed by atoms with van der Waals surface area (Å²) in [5, 5.41) is 5.12. The van der Waals surface area contributed by atoms with E-state index in [0.717, 1.165) is 17.5 Å². The van der Waals surface area contributed by atoms with Crippen LogP contribution in [0.25, 0.3) is 0 Å². The molecule has 0 radical (unpaired) electrons. The number of aliphatic imine (C=N–C) groups is 1. The number of nitrogens with one attached hydrogen (secondary N) is 2. The third kappa shape index (κ3) is 14.1. The van der Waals surface area contributed by atoms with Gasteiger partial charge in [-0.05, 0) is 106 Å². The highest BCUT2D eigenvalue weighted by Crippen LogP contribution is 2.26. The molecular formula is C38H46ClN3O7. The molecule has 2 N–H and O–H groups in total. The number of ether oxygens (including phenoxy) is 3. The Bertz CT molecular complexity index is 1660. The number of ketones is 1. The molecular weight excluding hydrogens is 646 g/mol. The normalized spacial score (nSPS) is 11.6. The lowest BCUT2D eigenvalue weighted by atomic mass is 9.85. The monoisotopic (exact) mass is 691 g/mol. The van der Waals surface area contributed by atoms with Crippen LogP contribution in [0.4, 0.5) is 15.3 Å². The topological polar surface area (TPSA) is 132 Å². The van der Waals surface area contributed by atoms with Crippen LogP contribution in [0.15, 0.2) is 71.7 Å². The number of carbonyl (C=O) groups is 4. The quantitative estimate of drug-likeness (QED) is 0.105. The van der Waals surface area contributed by atoms with Crippen LogP contribution in [0, 0.1) is 5.41 Å². The fourth-order valence-corrected chi connectivity index (χ4v) is 4.79. The number of amides is 2. The van der Waals surface area contributed by atoms with E-state index in [0.29, 0.717) is 22.7 Å². The van der Waals surface area contributed by atoms with Gasteiger partial charge >= 0.3 is 18.2 Å². The van der Waals surface area contributed by atoms with Crippen LogP contribution in [-0.4, -0.2) is 41.1 Å². The van der Waals surface area contributed by atoms with Crippen molar-refractivity contribution in [1.29, 1.82) is 0 Å². The third-order valence-electron chi connectivity index (χ3n) is 6.43. The molecule has 3 aromatic carbocycles. The summed E-state index contributed by atoms with van der Waals surface area (Å²) in [6, 6.07) is 18.7. The summed E-state index contributed by atoms with van der Waals surface area (Å²) < 4.78 is 16.1. The molecule has 49 heavy (non-hydrogen) atoms. The minimum Gasteiger partial charge on any atom is -0.444 e. The number of halogens is 1. The number of hydrogen-bond acceptors (Lipinski definition) is 8. The molecule has 3 aromatic rings. The predicted molar refractivity (Wildman–Crippen MR) is 191 cm³/mol. The van der Waals surface area contributed by atoms with Gasteiger partial charge in [0.25, 0.3) is 0 Å². The zero-order chi connectivity index (χ0) is 36.6. The first kappa shape index (κ1) is 38.7. The van der Waals surface area contributed by atoms with Gasteiger partial charge in [-0.1, -0.05) is 62.7 Å². The molecule has 0 aliphatic carbocycles. The molecule has 0 heterocycles. The standard InChI is InChI=1S/C38H46ClN3O7/c1-36(2,3)23-27-13-11-10-12-25(27)20-29(43)21-26-16-19-30(22-31(26)39)47-32(44)24-14-17-28(18-15-24)40-33(41-34(45)48-37(4,5)6)42-35(46)49-38(7,8)9/h10-19,22H,20-21,23H2,1-9H3,(H2,40,41,42,45,46). The molecule has 0 saturated heterocycles. The summed E-state index contributed by atoms with van der Waals surface area (Å²) in [5.74, 6) is -0.637. The molecule has 3 rings (SSSR count). The summed E-state index contributed by atoms with van der Waals surface area (Å²) in [7, 11) is 0. The zero-order valence-electron chi connectivity index (χ0n) is 29.7. The van der Waals surface area contributed by atoms with Crippen LogP contribution in [-0.2, 0) is 33.5 Å². The van der Waals surface area contributed by atoms with Gasteiger partial charge in [0, 0.05) is 17.9 Å². The van der Waals surface area contributed by atoms with Crippen molar-refractivity contribution >= 4 is 47.2 Å². The van der Waals surface area contributed by atoms with Crippen molar-refractivity contribution in [1.82, 2.24) is 10.6 Å². The number of carbonyl (C=O) groups excluding carboxylic acids is 4. The van der Waals surface area contributed by atoms with E-state index in [-0.39, 0.29) is 34.9 Å². The van der Waals surface area contributed by atoms with E-state index in [1.54, 1.807) is 53.7 Å². The van der Waals surface area contributed by atoms with Crippen molar-refractivity contribution in [3.8, 4) is 5.75 Å². The molecule has 10 nitrogen and oxygen atoms in total. The Balaban J connectivity index is 1.67. The molecule has 0 bridgehead atoms. The number of alkyl carbamates (subject to hydrolysis) is 2. The number of rotatable bonds is 8. The van der Waals surface area contributed by atoms with Crippen LogP contribution >= 0.6 is 11.6 Å². The average Bonchev–Trinajstić information content (AvgIpc) is 2.93. The SMILES string of the molecule is CC(C)(C)Cc1ccccc1CC(=O)Cc1ccc(OC(=O)c2ccc(N=C(NC(=O)OC(C)(C)C)NC(=O)OC(C)(C)C)cc2)cc1Cl. The smallest absolute Gasteiger partial charge is 0.414 e. The molecule has 0 saturated carbocycles. The number of Topliss-reactive ketones (excluding diaryl/α,β-unsaturated/α-hetero) is 1. The molecule has 0 atom stereocenters. The summed E-state index contributed by atoms with van der Waals surface area (Å²) in [6.07, 6.45) is -0.359. The number of nitrogens with zero attached hydrogens (tertiary/aromatic N) is 1. The molecule has 0 aliphatic heterocycles. The van der Waals surface area contributed by atoms with Gasteiger partial charge in [0.15, 0.2) is 0 Å². The maximum Gasteiger partial charge on any atom is 0.414 e. The third-order valence-corrected chi connectivity index (χ3v) is 6.78. The van der Waals surface area contributed by atoms with Gasteiger partial charge < -0.3 is 14.2 Å². The van der Waals surface area contributed by atoms with E-state index in [2.05, 4.69) is 42.5 Å². The van der Waals surface area contributed by atoms with Crippen molar-refractivity contribution in [2.45, 2.75) is 92.8 Å². The maximum atomic E-state index is 13.0. The summed E-state index contributed by atoms with van der Waals surface area (Å²) in [4.78, 5) is 54.9. The first-order valence-electron chi connectivity index (χ1n) is 15.9. The Morgan fingerprint density at radius 3 is 1.73 bits per heavy atom. The van der Waals surface area contributed by atoms with Crippen LogP contribution < -0.4 is 15.4 Å². The second kappa shape index (κ2) is 16.1. The van der Waals surface area contributed by atoms with Gasteiger partial charge in [-0.15, -0.1) is 0 Å². The Kier molecular flexibility index (Phi) is 12.8. The van der Waals surface area contributed by atoms with Gasteiger partial charge in [0.05, 0.1) is 11.3 Å². The van der Waals surface area contributed by atoms with E-state index in [4.69, 9.17) is 25.8 Å². The number of benzene rings is 3. The maximum absolute atomic E-state index is 13.0. The highest BCUT2D eigenvalue weighted by atomic mass is 35.5. The molecule has 0 aliphatic rings. The first-order valence-corrected chi connectivity index (χ1v) is 16.3. The predicted octanol–water partition coefficient (Wildman–Crippen LogP) is 8.54. The van der Waals surface area contributed by atoms with Gasteiger partial charge in [0.1, 0.15) is 22.7 Å². The van der Waals surface area contributed by atoms with Gasteiger partial charge in [-0.3, -0.25) is 15.4 Å². The molecule has 0 unspecified atom stereocenters. The van der Waals surface area contributed by atoms with E-state index in [1.807, 2.05) is 18.2 Å². The fourth-order valence-electron chi connectivity index (χ4n) is 4.55. The van der Waals surface area contributed by atoms with Gasteiger partial charge in [-0.2, -0.15) is 0 Å². The second-order valence-corrected chi connectivity index (χ2v) is 15.2. The van der Waals surface area contributed by atoms with Crippen LogP contribution in [0.5, 0.6) is 5.75 Å². The minimum absolute atomic E-state index is 0.0292. The Morgan fingerprint density at radius 1 is 0.694 bits per heavy atom. The fraction of sp³-hybridized carbons (Fsp3) is 0.395. The van der Waals surface area contributed by atoms with Crippen molar-refractivity contribution in [3.05, 3.63) is 94.0 Å². The number of hydrogen-bond donors (Lipinski definition) is 2. The van der Waals surface area contributed by atoms with Crippen LogP contribution in [0.3, 0.4) is 0 Å². The summed E-state index contributed by atoms with van der Waals surface area (Å²) in [6.45, 7) is 16.7. The van der Waals surface area contributed by atoms with Gasteiger partial charge in [0.2, 0.25) is 5.96 Å². The Hall–Kier alpha value is -4.70. The van der Waals surface area contributed by atoms with Crippen molar-refractivity contribution in [2.75, 3.05) is 0 Å². The lowest BCUT2D eigenvalue weighted by Crippen LogP contribution is -2.47. The van der Waals surface area contributed by atoms with E-state index in [1.165, 1.54) is 30.3 Å². The lowest BCUT2D eigenvalue weighted by Gasteiger charge is -2.22.